The molecule has 0 aromatic heterocycles. The highest BCUT2D eigenvalue weighted by atomic mass is 19.3. The van der Waals surface area contributed by atoms with Crippen molar-refractivity contribution in [3.05, 3.63) is 0 Å². The van der Waals surface area contributed by atoms with Crippen LogP contribution in [0.2, 0.25) is 0 Å². The number of hydrogen-bond acceptors (Lipinski definition) is 3. The molecule has 1 fully saturated rings. The molecule has 2 atom stereocenters. The van der Waals surface area contributed by atoms with Gasteiger partial charge in [0.1, 0.15) is 5.60 Å². The molecule has 1 rings (SSSR count). The minimum atomic E-state index is -2.39. The van der Waals surface area contributed by atoms with Gasteiger partial charge in [0.05, 0.1) is 6.04 Å². The molecule has 0 bridgehead atoms. The number of halogens is 2. The van der Waals surface area contributed by atoms with Crippen LogP contribution in [0.1, 0.15) is 40.5 Å². The highest BCUT2D eigenvalue weighted by Crippen LogP contribution is 2.20. The second-order valence-corrected chi connectivity index (χ2v) is 6.00. The first-order valence-electron chi connectivity index (χ1n) is 6.72. The van der Waals surface area contributed by atoms with Crippen LogP contribution in [0.15, 0.2) is 0 Å². The lowest BCUT2D eigenvalue weighted by molar-refractivity contribution is 0.0218. The first kappa shape index (κ1) is 16.1. The second-order valence-electron chi connectivity index (χ2n) is 6.00. The van der Waals surface area contributed by atoms with Crippen molar-refractivity contribution in [1.29, 1.82) is 0 Å². The normalized spacial score (nSPS) is 21.8. The number of nitrogens with zero attached hydrogens (tertiary/aromatic N) is 1. The maximum absolute atomic E-state index is 12.4. The highest BCUT2D eigenvalue weighted by Gasteiger charge is 2.32. The largest absolute Gasteiger partial charge is 0.444 e. The van der Waals surface area contributed by atoms with E-state index >= 15 is 0 Å². The molecule has 4 nitrogen and oxygen atoms in total. The molecule has 1 heterocycles. The van der Waals surface area contributed by atoms with Gasteiger partial charge >= 0.3 is 6.09 Å². The van der Waals surface area contributed by atoms with E-state index in [4.69, 9.17) is 4.74 Å². The second kappa shape index (κ2) is 6.50. The molecular formula is C13H24F2N2O2. The molecule has 0 saturated carbocycles. The van der Waals surface area contributed by atoms with E-state index < -0.39 is 18.1 Å². The maximum atomic E-state index is 12.4. The van der Waals surface area contributed by atoms with Gasteiger partial charge in [-0.2, -0.15) is 0 Å². The van der Waals surface area contributed by atoms with Crippen LogP contribution in [0.25, 0.3) is 0 Å². The Kier molecular flexibility index (Phi) is 5.52. The van der Waals surface area contributed by atoms with E-state index in [1.165, 1.54) is 6.92 Å². The summed E-state index contributed by atoms with van der Waals surface area (Å²) in [5.74, 6) is 0. The molecule has 1 aliphatic rings. The molecule has 1 aliphatic heterocycles. The molecule has 1 amide bonds. The predicted octanol–water partition coefficient (Wildman–Crippen LogP) is 2.63. The van der Waals surface area contributed by atoms with Crippen LogP contribution in [-0.2, 0) is 4.74 Å². The predicted molar refractivity (Wildman–Crippen MR) is 69.4 cm³/mol. The Balaban J connectivity index is 2.47. The summed E-state index contributed by atoms with van der Waals surface area (Å²) in [6.45, 7) is 7.89. The number of hydrogen-bond donors (Lipinski definition) is 1. The number of nitrogens with one attached hydrogen (secondary N) is 1. The number of likely N-dealkylation sites (tertiary alicyclic amines) is 1. The van der Waals surface area contributed by atoms with E-state index in [-0.39, 0.29) is 12.1 Å². The average molecular weight is 278 g/mol. The SMILES string of the molecule is CC(NCC1CCCN1C(=O)OC(C)(C)C)C(F)F. The van der Waals surface area contributed by atoms with Crippen LogP contribution in [0.4, 0.5) is 13.6 Å². The standard InChI is InChI=1S/C13H24F2N2O2/c1-9(11(14)15)16-8-10-6-5-7-17(10)12(18)19-13(2,3)4/h9-11,16H,5-8H2,1-4H3. The maximum Gasteiger partial charge on any atom is 0.410 e. The molecule has 6 heteroatoms. The highest BCUT2D eigenvalue weighted by molar-refractivity contribution is 5.69. The van der Waals surface area contributed by atoms with Crippen LogP contribution < -0.4 is 5.32 Å². The Bertz CT molecular complexity index is 306. The molecule has 0 aromatic carbocycles. The zero-order valence-electron chi connectivity index (χ0n) is 12.1. The molecule has 0 aliphatic carbocycles. The van der Waals surface area contributed by atoms with Crippen molar-refractivity contribution in [2.45, 2.75) is 64.6 Å². The summed E-state index contributed by atoms with van der Waals surface area (Å²) in [6, 6.07) is -0.919. The number of alkyl halides is 2. The molecule has 2 unspecified atom stereocenters. The Hall–Kier alpha value is -0.910. The first-order chi connectivity index (χ1) is 8.70. The summed E-state index contributed by atoms with van der Waals surface area (Å²) in [5.41, 5.74) is -0.534. The number of carbonyl (C=O) groups is 1. The monoisotopic (exact) mass is 278 g/mol. The third-order valence-electron chi connectivity index (χ3n) is 3.06. The molecule has 0 radical (unpaired) electrons. The first-order valence-corrected chi connectivity index (χ1v) is 6.72. The summed E-state index contributed by atoms with van der Waals surface area (Å²) in [5, 5.41) is 2.77. The molecule has 0 spiro atoms. The number of carbonyl (C=O) groups excluding carboxylic acids is 1. The Morgan fingerprint density at radius 3 is 2.63 bits per heavy atom. The topological polar surface area (TPSA) is 41.6 Å². The van der Waals surface area contributed by atoms with Crippen molar-refractivity contribution in [2.24, 2.45) is 0 Å². The molecule has 1 N–H and O–H groups in total. The lowest BCUT2D eigenvalue weighted by atomic mass is 10.2. The van der Waals surface area contributed by atoms with Crippen molar-refractivity contribution >= 4 is 6.09 Å². The van der Waals surface area contributed by atoms with Gasteiger partial charge in [0.2, 0.25) is 0 Å². The summed E-state index contributed by atoms with van der Waals surface area (Å²) >= 11 is 0. The van der Waals surface area contributed by atoms with Gasteiger partial charge in [-0.3, -0.25) is 0 Å². The van der Waals surface area contributed by atoms with E-state index in [0.29, 0.717) is 13.1 Å². The van der Waals surface area contributed by atoms with Gasteiger partial charge < -0.3 is 15.0 Å². The molecule has 1 saturated heterocycles. The van der Waals surface area contributed by atoms with Crippen LogP contribution in [0.5, 0.6) is 0 Å². The van der Waals surface area contributed by atoms with Crippen LogP contribution in [0, 0.1) is 0 Å². The van der Waals surface area contributed by atoms with Crippen molar-refractivity contribution in [3.8, 4) is 0 Å². The molecule has 112 valence electrons. The Morgan fingerprint density at radius 2 is 2.11 bits per heavy atom. The van der Waals surface area contributed by atoms with Crippen molar-refractivity contribution in [1.82, 2.24) is 10.2 Å². The van der Waals surface area contributed by atoms with Gasteiger partial charge in [0.15, 0.2) is 0 Å². The lowest BCUT2D eigenvalue weighted by Gasteiger charge is -2.29. The van der Waals surface area contributed by atoms with E-state index in [2.05, 4.69) is 5.32 Å². The molecule has 19 heavy (non-hydrogen) atoms. The molecule has 0 aromatic rings. The van der Waals surface area contributed by atoms with Gasteiger partial charge in [-0.15, -0.1) is 0 Å². The van der Waals surface area contributed by atoms with Gasteiger partial charge in [0.25, 0.3) is 6.43 Å². The smallest absolute Gasteiger partial charge is 0.410 e. The third-order valence-corrected chi connectivity index (χ3v) is 3.06. The summed E-state index contributed by atoms with van der Waals surface area (Å²) < 4.78 is 30.1. The van der Waals surface area contributed by atoms with Gasteiger partial charge in [-0.25, -0.2) is 13.6 Å². The van der Waals surface area contributed by atoms with E-state index in [0.717, 1.165) is 12.8 Å². The quantitative estimate of drug-likeness (QED) is 0.859. The third kappa shape index (κ3) is 5.30. The fourth-order valence-corrected chi connectivity index (χ4v) is 2.02. The minimum Gasteiger partial charge on any atom is -0.444 e. The summed E-state index contributed by atoms with van der Waals surface area (Å²) in [7, 11) is 0. The van der Waals surface area contributed by atoms with Crippen LogP contribution in [-0.4, -0.2) is 48.2 Å². The van der Waals surface area contributed by atoms with Gasteiger partial charge in [-0.05, 0) is 40.5 Å². The van der Waals surface area contributed by atoms with Gasteiger partial charge in [-0.1, -0.05) is 0 Å². The van der Waals surface area contributed by atoms with E-state index in [1.807, 2.05) is 20.8 Å². The zero-order valence-corrected chi connectivity index (χ0v) is 12.1. The number of ether oxygens (including phenoxy) is 1. The van der Waals surface area contributed by atoms with E-state index in [1.54, 1.807) is 4.90 Å². The van der Waals surface area contributed by atoms with Crippen LogP contribution >= 0.6 is 0 Å². The molecular weight excluding hydrogens is 254 g/mol. The Morgan fingerprint density at radius 1 is 1.47 bits per heavy atom. The van der Waals surface area contributed by atoms with E-state index in [9.17, 15) is 13.6 Å². The summed E-state index contributed by atoms with van der Waals surface area (Å²) in [6.07, 6.45) is -1.05. The zero-order chi connectivity index (χ0) is 14.6. The lowest BCUT2D eigenvalue weighted by Crippen LogP contribution is -2.46. The average Bonchev–Trinajstić information content (AvgIpc) is 2.71. The number of amides is 1. The van der Waals surface area contributed by atoms with Crippen molar-refractivity contribution in [2.75, 3.05) is 13.1 Å². The fraction of sp³-hybridized carbons (Fsp3) is 0.923. The van der Waals surface area contributed by atoms with Crippen LogP contribution in [0.3, 0.4) is 0 Å². The fourth-order valence-electron chi connectivity index (χ4n) is 2.02. The number of rotatable bonds is 4. The van der Waals surface area contributed by atoms with Gasteiger partial charge in [0, 0.05) is 19.1 Å². The van der Waals surface area contributed by atoms with Crippen molar-refractivity contribution in [3.63, 3.8) is 0 Å². The Labute approximate surface area is 113 Å². The summed E-state index contributed by atoms with van der Waals surface area (Å²) in [4.78, 5) is 13.6. The van der Waals surface area contributed by atoms with Crippen molar-refractivity contribution < 1.29 is 18.3 Å². The minimum absolute atomic E-state index is 0.0592.